The van der Waals surface area contributed by atoms with Crippen molar-refractivity contribution in [1.29, 1.82) is 0 Å². The molecular formula is C21H23FLiO5P. The zero-order valence-corrected chi connectivity index (χ0v) is 18.0. The van der Waals surface area contributed by atoms with Crippen LogP contribution in [0, 0.1) is 26.6 Å². The van der Waals surface area contributed by atoms with E-state index in [2.05, 4.69) is 0 Å². The second-order valence-corrected chi connectivity index (χ2v) is 8.15. The minimum atomic E-state index is -2.02. The van der Waals surface area contributed by atoms with Crippen molar-refractivity contribution < 1.29 is 47.9 Å². The van der Waals surface area contributed by atoms with Crippen LogP contribution in [0.3, 0.4) is 0 Å². The third-order valence-electron chi connectivity index (χ3n) is 4.27. The average molecular weight is 412 g/mol. The molecule has 0 aromatic heterocycles. The van der Waals surface area contributed by atoms with Crippen molar-refractivity contribution >= 4 is 19.5 Å². The first kappa shape index (κ1) is 25.5. The molecule has 150 valence electrons. The second kappa shape index (κ2) is 11.6. The summed E-state index contributed by atoms with van der Waals surface area (Å²) < 4.78 is 19.2. The topological polar surface area (TPSA) is 92.7 Å². The van der Waals surface area contributed by atoms with Gasteiger partial charge >= 0.3 is 18.9 Å². The predicted octanol–water partition coefficient (Wildman–Crippen LogP) is -1.04. The summed E-state index contributed by atoms with van der Waals surface area (Å²) in [6, 6.07) is 8.92. The van der Waals surface area contributed by atoms with Crippen molar-refractivity contribution in [2.75, 3.05) is 6.35 Å². The molecule has 0 saturated carbocycles. The summed E-state index contributed by atoms with van der Waals surface area (Å²) in [6.45, 7) is 5.81. The number of aliphatic carboxylic acids is 1. The van der Waals surface area contributed by atoms with Crippen molar-refractivity contribution in [2.24, 2.45) is 0 Å². The summed E-state index contributed by atoms with van der Waals surface area (Å²) in [5, 5.41) is 19.9. The number of hydrogen-bond donors (Lipinski definition) is 1. The number of aryl methyl sites for hydroxylation is 3. The first-order valence-electron chi connectivity index (χ1n) is 8.78. The molecule has 5 nitrogen and oxygen atoms in total. The maximum Gasteiger partial charge on any atom is 1.00 e. The summed E-state index contributed by atoms with van der Waals surface area (Å²) >= 11 is 0. The normalized spacial score (nSPS) is 12.4. The van der Waals surface area contributed by atoms with Gasteiger partial charge in [0.1, 0.15) is 17.7 Å². The van der Waals surface area contributed by atoms with Crippen molar-refractivity contribution in [3.63, 3.8) is 0 Å². The van der Waals surface area contributed by atoms with E-state index in [0.717, 1.165) is 33.6 Å². The molecule has 29 heavy (non-hydrogen) atoms. The minimum Gasteiger partial charge on any atom is -0.629 e. The van der Waals surface area contributed by atoms with Crippen LogP contribution in [0.15, 0.2) is 30.3 Å². The molecule has 1 unspecified atom stereocenters. The Morgan fingerprint density at radius 2 is 1.93 bits per heavy atom. The summed E-state index contributed by atoms with van der Waals surface area (Å²) in [5.74, 6) is -0.631. The largest absolute Gasteiger partial charge is 1.00 e. The third-order valence-corrected chi connectivity index (χ3v) is 5.38. The first-order valence-corrected chi connectivity index (χ1v) is 10.3. The Kier molecular flexibility index (Phi) is 10.2. The van der Waals surface area contributed by atoms with Gasteiger partial charge in [0.05, 0.1) is 14.4 Å². The third kappa shape index (κ3) is 7.68. The summed E-state index contributed by atoms with van der Waals surface area (Å²) in [5.41, 5.74) is 5.27. The SMILES string of the molecule is Cc1cc(C)c(COC[P+]([O-])=C[C@@H](O)CC(=O)[O-])c(-c2ccc(F)c(C)c2)c1.[Li+]. The van der Waals surface area contributed by atoms with Crippen LogP contribution in [0.4, 0.5) is 4.39 Å². The molecule has 0 heterocycles. The number of aliphatic hydroxyl groups is 1. The van der Waals surface area contributed by atoms with Gasteiger partial charge < -0.3 is 24.6 Å². The zero-order valence-electron chi connectivity index (χ0n) is 17.1. The number of ether oxygens (including phenoxy) is 1. The predicted molar refractivity (Wildman–Crippen MR) is 104 cm³/mol. The fourth-order valence-electron chi connectivity index (χ4n) is 2.95. The van der Waals surface area contributed by atoms with Gasteiger partial charge in [0.2, 0.25) is 6.35 Å². The Bertz CT molecular complexity index is 901. The van der Waals surface area contributed by atoms with Gasteiger partial charge in [-0.25, -0.2) is 4.39 Å². The number of carbonyl (C=O) groups excluding carboxylic acids is 1. The Morgan fingerprint density at radius 1 is 1.24 bits per heavy atom. The Labute approximate surface area is 183 Å². The maximum absolute atomic E-state index is 13.6. The van der Waals surface area contributed by atoms with Gasteiger partial charge in [0.25, 0.3) is 0 Å². The fraction of sp³-hybridized carbons (Fsp3) is 0.333. The van der Waals surface area contributed by atoms with Gasteiger partial charge in [0.15, 0.2) is 0 Å². The molecular weight excluding hydrogens is 389 g/mol. The minimum absolute atomic E-state index is 0. The molecule has 0 aliphatic heterocycles. The molecule has 0 amide bonds. The van der Waals surface area contributed by atoms with Crippen LogP contribution in [-0.2, 0) is 16.1 Å². The molecule has 0 fully saturated rings. The molecule has 0 bridgehead atoms. The van der Waals surface area contributed by atoms with Crippen molar-refractivity contribution in [3.8, 4) is 11.1 Å². The zero-order chi connectivity index (χ0) is 20.8. The summed E-state index contributed by atoms with van der Waals surface area (Å²) in [7, 11) is -2.02. The quantitative estimate of drug-likeness (QED) is 0.442. The molecule has 0 aliphatic rings. The summed E-state index contributed by atoms with van der Waals surface area (Å²) in [4.78, 5) is 22.4. The Hall–Kier alpha value is -1.51. The Morgan fingerprint density at radius 3 is 2.55 bits per heavy atom. The van der Waals surface area contributed by atoms with Crippen molar-refractivity contribution in [1.82, 2.24) is 0 Å². The van der Waals surface area contributed by atoms with Gasteiger partial charge in [-0.05, 0) is 60.7 Å². The van der Waals surface area contributed by atoms with Crippen LogP contribution in [0.1, 0.15) is 28.7 Å². The number of carboxylic acids is 1. The van der Waals surface area contributed by atoms with Crippen molar-refractivity contribution in [2.45, 2.75) is 39.9 Å². The first-order chi connectivity index (χ1) is 13.2. The van der Waals surface area contributed by atoms with E-state index in [1.54, 1.807) is 19.1 Å². The van der Waals surface area contributed by atoms with E-state index in [1.807, 2.05) is 26.0 Å². The molecule has 0 aliphatic carbocycles. The number of rotatable bonds is 8. The molecule has 8 heteroatoms. The van der Waals surface area contributed by atoms with E-state index in [-0.39, 0.29) is 37.6 Å². The molecule has 2 aromatic carbocycles. The van der Waals surface area contributed by atoms with Crippen LogP contribution in [0.2, 0.25) is 0 Å². The molecule has 0 spiro atoms. The number of hydrogen-bond acceptors (Lipinski definition) is 5. The van der Waals surface area contributed by atoms with Gasteiger partial charge in [-0.3, -0.25) is 0 Å². The number of benzene rings is 2. The van der Waals surface area contributed by atoms with Crippen molar-refractivity contribution in [3.05, 3.63) is 58.4 Å². The monoisotopic (exact) mass is 412 g/mol. The second-order valence-electron chi connectivity index (χ2n) is 6.76. The molecule has 0 saturated heterocycles. The van der Waals surface area contributed by atoms with E-state index in [0.29, 0.717) is 5.56 Å². The number of halogens is 1. The smallest absolute Gasteiger partial charge is 0.629 e. The van der Waals surface area contributed by atoms with E-state index >= 15 is 0 Å². The van der Waals surface area contributed by atoms with E-state index in [1.165, 1.54) is 6.07 Å². The van der Waals surface area contributed by atoms with Gasteiger partial charge in [-0.2, -0.15) is 0 Å². The fourth-order valence-corrected chi connectivity index (χ4v) is 3.80. The van der Waals surface area contributed by atoms with E-state index < -0.39 is 26.3 Å². The number of aliphatic hydroxyl groups excluding tert-OH is 1. The van der Waals surface area contributed by atoms with Gasteiger partial charge in [0, 0.05) is 12.4 Å². The van der Waals surface area contributed by atoms with Gasteiger partial charge in [-0.15, -0.1) is 0 Å². The van der Waals surface area contributed by atoms with E-state index in [4.69, 9.17) is 4.74 Å². The molecule has 1 N–H and O–H groups in total. The number of carboxylic acid groups (broad SMARTS) is 1. The van der Waals surface area contributed by atoms with Crippen LogP contribution in [0.5, 0.6) is 0 Å². The Balaban J connectivity index is 0.00000420. The van der Waals surface area contributed by atoms with Crippen LogP contribution in [0.25, 0.3) is 11.1 Å². The standard InChI is InChI=1S/C21H24FO5P.Li/c1-13-6-14(2)19(10-27-12-28(26)11-17(23)9-21(24)25)18(7-13)16-4-5-20(22)15(3)8-16;/h4-8,11,17,23H,9-10,12H2,1-3H3,(H,24,25);/q;+1/p-1/t17-;/m0./s1. The van der Waals surface area contributed by atoms with Gasteiger partial charge in [-0.1, -0.05) is 23.8 Å². The van der Waals surface area contributed by atoms with E-state index in [9.17, 15) is 24.3 Å². The molecule has 2 rings (SSSR count). The average Bonchev–Trinajstić information content (AvgIpc) is 2.58. The van der Waals surface area contributed by atoms with Crippen LogP contribution < -0.4 is 28.9 Å². The molecule has 0 radical (unpaired) electrons. The van der Waals surface area contributed by atoms with Crippen LogP contribution in [-0.4, -0.2) is 29.3 Å². The molecule has 2 atom stereocenters. The maximum atomic E-state index is 13.6. The molecule has 2 aromatic rings. The van der Waals surface area contributed by atoms with Crippen LogP contribution >= 0.6 is 7.77 Å². The summed E-state index contributed by atoms with van der Waals surface area (Å²) in [6.07, 6.45) is -2.09. The number of carbonyl (C=O) groups is 1.